The van der Waals surface area contributed by atoms with Crippen molar-refractivity contribution in [3.8, 4) is 11.8 Å². The second-order valence-electron chi connectivity index (χ2n) is 4.45. The summed E-state index contributed by atoms with van der Waals surface area (Å²) in [5, 5.41) is 10.3. The fourth-order valence-electron chi connectivity index (χ4n) is 2.05. The van der Waals surface area contributed by atoms with Crippen molar-refractivity contribution in [2.24, 2.45) is 5.92 Å². The topological polar surface area (TPSA) is 24.7 Å². The SMILES string of the molecule is C=CC#C[C@@]1(O)C[C@H](C)[NH+](C)C[C@H]1C. The van der Waals surface area contributed by atoms with Gasteiger partial charge in [0.15, 0.2) is 0 Å². The second kappa shape index (κ2) is 4.16. The Morgan fingerprint density at radius 1 is 1.57 bits per heavy atom. The Morgan fingerprint density at radius 3 is 2.79 bits per heavy atom. The molecule has 1 rings (SSSR count). The van der Waals surface area contributed by atoms with Crippen LogP contribution in [0.2, 0.25) is 0 Å². The first-order valence-electron chi connectivity index (χ1n) is 5.18. The molecular weight excluding hydrogens is 174 g/mol. The lowest BCUT2D eigenvalue weighted by molar-refractivity contribution is -0.915. The zero-order valence-corrected chi connectivity index (χ0v) is 9.30. The molecule has 0 spiro atoms. The minimum Gasteiger partial charge on any atom is -0.377 e. The number of nitrogens with one attached hydrogen (secondary N) is 1. The fourth-order valence-corrected chi connectivity index (χ4v) is 2.05. The predicted octanol–water partition coefficient (Wildman–Crippen LogP) is -0.150. The number of hydrogen-bond acceptors (Lipinski definition) is 1. The Morgan fingerprint density at radius 2 is 2.21 bits per heavy atom. The molecule has 2 nitrogen and oxygen atoms in total. The first-order valence-corrected chi connectivity index (χ1v) is 5.18. The van der Waals surface area contributed by atoms with E-state index in [-0.39, 0.29) is 5.92 Å². The Labute approximate surface area is 86.6 Å². The molecule has 1 heterocycles. The van der Waals surface area contributed by atoms with Crippen LogP contribution in [0.1, 0.15) is 20.3 Å². The minimum atomic E-state index is -0.812. The van der Waals surface area contributed by atoms with Crippen molar-refractivity contribution < 1.29 is 10.0 Å². The van der Waals surface area contributed by atoms with Crippen LogP contribution in [0.15, 0.2) is 12.7 Å². The molecule has 0 saturated carbocycles. The van der Waals surface area contributed by atoms with Gasteiger partial charge in [-0.05, 0) is 13.0 Å². The molecule has 1 unspecified atom stereocenters. The number of rotatable bonds is 0. The van der Waals surface area contributed by atoms with Crippen molar-refractivity contribution in [2.45, 2.75) is 31.9 Å². The summed E-state index contributed by atoms with van der Waals surface area (Å²) in [7, 11) is 2.17. The van der Waals surface area contributed by atoms with Crippen LogP contribution in [0.4, 0.5) is 0 Å². The van der Waals surface area contributed by atoms with Gasteiger partial charge in [-0.15, -0.1) is 0 Å². The van der Waals surface area contributed by atoms with E-state index in [9.17, 15) is 5.11 Å². The van der Waals surface area contributed by atoms with E-state index >= 15 is 0 Å². The van der Waals surface area contributed by atoms with Crippen LogP contribution in [-0.2, 0) is 0 Å². The molecular formula is C12H20NO+. The van der Waals surface area contributed by atoms with Gasteiger partial charge in [0.1, 0.15) is 5.60 Å². The Balaban J connectivity index is 2.82. The summed E-state index contributed by atoms with van der Waals surface area (Å²) < 4.78 is 0. The summed E-state index contributed by atoms with van der Waals surface area (Å²) in [6.07, 6.45) is 2.29. The van der Waals surface area contributed by atoms with E-state index in [1.54, 1.807) is 6.08 Å². The molecule has 0 aliphatic carbocycles. The van der Waals surface area contributed by atoms with Crippen molar-refractivity contribution in [1.82, 2.24) is 0 Å². The van der Waals surface area contributed by atoms with Crippen molar-refractivity contribution in [3.05, 3.63) is 12.7 Å². The van der Waals surface area contributed by atoms with Crippen LogP contribution in [0, 0.1) is 17.8 Å². The maximum absolute atomic E-state index is 10.3. The van der Waals surface area contributed by atoms with Gasteiger partial charge in [-0.2, -0.15) is 0 Å². The molecule has 1 saturated heterocycles. The van der Waals surface area contributed by atoms with E-state index in [2.05, 4.69) is 39.3 Å². The van der Waals surface area contributed by atoms with E-state index < -0.39 is 5.60 Å². The number of quaternary nitrogens is 1. The van der Waals surface area contributed by atoms with E-state index in [1.165, 1.54) is 4.90 Å². The van der Waals surface area contributed by atoms with Gasteiger partial charge in [0.05, 0.1) is 19.6 Å². The van der Waals surface area contributed by atoms with E-state index in [0.29, 0.717) is 6.04 Å². The van der Waals surface area contributed by atoms with Crippen molar-refractivity contribution in [1.29, 1.82) is 0 Å². The number of aliphatic hydroxyl groups is 1. The molecule has 0 aromatic rings. The fraction of sp³-hybridized carbons (Fsp3) is 0.667. The molecule has 4 atom stereocenters. The van der Waals surface area contributed by atoms with Gasteiger partial charge in [-0.1, -0.05) is 25.3 Å². The largest absolute Gasteiger partial charge is 0.377 e. The molecule has 14 heavy (non-hydrogen) atoms. The van der Waals surface area contributed by atoms with Crippen LogP contribution in [0.5, 0.6) is 0 Å². The standard InChI is InChI=1S/C12H19NO/c1-5-6-7-12(14)8-11(3)13(4)9-10(12)2/h5,10-11,14H,1,8-9H2,2-4H3/p+1/t10-,11+,12-/m1/s1. The number of allylic oxidation sites excluding steroid dienone is 1. The molecule has 0 amide bonds. The first-order chi connectivity index (χ1) is 6.49. The van der Waals surface area contributed by atoms with Crippen LogP contribution in [-0.4, -0.2) is 30.3 Å². The van der Waals surface area contributed by atoms with E-state index in [0.717, 1.165) is 13.0 Å². The lowest BCUT2D eigenvalue weighted by Gasteiger charge is -2.40. The van der Waals surface area contributed by atoms with Crippen molar-refractivity contribution in [3.63, 3.8) is 0 Å². The zero-order valence-electron chi connectivity index (χ0n) is 9.30. The zero-order chi connectivity index (χ0) is 10.8. The molecule has 2 heteroatoms. The van der Waals surface area contributed by atoms with Gasteiger partial charge in [0, 0.05) is 12.3 Å². The average molecular weight is 194 g/mol. The predicted molar refractivity (Wildman–Crippen MR) is 57.9 cm³/mol. The maximum atomic E-state index is 10.3. The molecule has 0 bridgehead atoms. The molecule has 1 aliphatic heterocycles. The summed E-state index contributed by atoms with van der Waals surface area (Å²) in [4.78, 5) is 1.47. The number of likely N-dealkylation sites (tertiary alicyclic amines) is 1. The van der Waals surface area contributed by atoms with Gasteiger partial charge in [-0.3, -0.25) is 0 Å². The van der Waals surface area contributed by atoms with Crippen molar-refractivity contribution >= 4 is 0 Å². The molecule has 78 valence electrons. The Bertz CT molecular complexity index is 276. The van der Waals surface area contributed by atoms with Gasteiger partial charge in [0.2, 0.25) is 0 Å². The molecule has 2 N–H and O–H groups in total. The van der Waals surface area contributed by atoms with Crippen LogP contribution >= 0.6 is 0 Å². The second-order valence-corrected chi connectivity index (χ2v) is 4.45. The summed E-state index contributed by atoms with van der Waals surface area (Å²) >= 11 is 0. The molecule has 0 aromatic carbocycles. The van der Waals surface area contributed by atoms with E-state index in [1.807, 2.05) is 0 Å². The molecule has 1 aliphatic rings. The minimum absolute atomic E-state index is 0.228. The van der Waals surface area contributed by atoms with Gasteiger partial charge >= 0.3 is 0 Å². The molecule has 0 radical (unpaired) electrons. The first kappa shape index (κ1) is 11.3. The number of hydrogen-bond donors (Lipinski definition) is 2. The van der Waals surface area contributed by atoms with Crippen molar-refractivity contribution in [2.75, 3.05) is 13.6 Å². The highest BCUT2D eigenvalue weighted by atomic mass is 16.3. The van der Waals surface area contributed by atoms with Crippen LogP contribution in [0.3, 0.4) is 0 Å². The summed E-state index contributed by atoms with van der Waals surface area (Å²) in [5.74, 6) is 5.93. The van der Waals surface area contributed by atoms with Gasteiger partial charge < -0.3 is 10.0 Å². The van der Waals surface area contributed by atoms with Crippen LogP contribution in [0.25, 0.3) is 0 Å². The third kappa shape index (κ3) is 2.17. The van der Waals surface area contributed by atoms with Gasteiger partial charge in [0.25, 0.3) is 0 Å². The lowest BCUT2D eigenvalue weighted by Crippen LogP contribution is -3.15. The quantitative estimate of drug-likeness (QED) is 0.515. The molecule has 1 fully saturated rings. The Kier molecular flexibility index (Phi) is 3.36. The summed E-state index contributed by atoms with van der Waals surface area (Å²) in [5.41, 5.74) is -0.812. The van der Waals surface area contributed by atoms with E-state index in [4.69, 9.17) is 0 Å². The Hall–Kier alpha value is -0.780. The maximum Gasteiger partial charge on any atom is 0.139 e. The lowest BCUT2D eigenvalue weighted by atomic mass is 9.79. The third-order valence-electron chi connectivity index (χ3n) is 3.29. The highest BCUT2D eigenvalue weighted by Crippen LogP contribution is 2.23. The molecule has 0 aromatic heterocycles. The highest BCUT2D eigenvalue weighted by molar-refractivity contribution is 5.22. The smallest absolute Gasteiger partial charge is 0.139 e. The highest BCUT2D eigenvalue weighted by Gasteiger charge is 2.42. The third-order valence-corrected chi connectivity index (χ3v) is 3.29. The summed E-state index contributed by atoms with van der Waals surface area (Å²) in [6, 6.07) is 0.468. The average Bonchev–Trinajstić information content (AvgIpc) is 2.12. The summed E-state index contributed by atoms with van der Waals surface area (Å²) in [6.45, 7) is 8.74. The van der Waals surface area contributed by atoms with Gasteiger partial charge in [-0.25, -0.2) is 0 Å². The normalized spacial score (nSPS) is 42.4. The number of piperidine rings is 1. The van der Waals surface area contributed by atoms with Crippen LogP contribution < -0.4 is 4.90 Å². The monoisotopic (exact) mass is 194 g/mol.